The average Bonchev–Trinajstić information content (AvgIpc) is 2.50. The lowest BCUT2D eigenvalue weighted by Crippen LogP contribution is -2.47. The van der Waals surface area contributed by atoms with Crippen molar-refractivity contribution in [2.45, 2.75) is 51.4 Å². The Morgan fingerprint density at radius 2 is 1.87 bits per heavy atom. The molecule has 0 radical (unpaired) electrons. The molecule has 3 heteroatoms. The van der Waals surface area contributed by atoms with Crippen molar-refractivity contribution in [2.24, 2.45) is 5.92 Å². The van der Waals surface area contributed by atoms with E-state index in [1.807, 2.05) is 0 Å². The summed E-state index contributed by atoms with van der Waals surface area (Å²) >= 11 is 0. The highest BCUT2D eigenvalue weighted by Gasteiger charge is 2.30. The van der Waals surface area contributed by atoms with Crippen LogP contribution < -0.4 is 0 Å². The zero-order valence-corrected chi connectivity index (χ0v) is 9.85. The number of aliphatic hydroxyl groups is 1. The fraction of sp³-hybridized carbons (Fsp3) is 1.00. The number of nitrogens with zero attached hydrogens (tertiary/aromatic N) is 1. The standard InChI is InChI=1S/C12H23NO2/c1-9-6-13(7-10(2)15-9)8-11-4-3-5-12(11)14/h9-12,14H,3-8H2,1-2H3. The molecule has 0 aromatic rings. The number of morpholine rings is 1. The van der Waals surface area contributed by atoms with Crippen LogP contribution in [0.25, 0.3) is 0 Å². The van der Waals surface area contributed by atoms with Gasteiger partial charge in [-0.1, -0.05) is 6.42 Å². The van der Waals surface area contributed by atoms with Crippen LogP contribution in [0.1, 0.15) is 33.1 Å². The summed E-state index contributed by atoms with van der Waals surface area (Å²) in [4.78, 5) is 2.46. The largest absolute Gasteiger partial charge is 0.393 e. The van der Waals surface area contributed by atoms with E-state index in [0.717, 1.165) is 26.1 Å². The van der Waals surface area contributed by atoms with Gasteiger partial charge < -0.3 is 9.84 Å². The van der Waals surface area contributed by atoms with Crippen LogP contribution >= 0.6 is 0 Å². The van der Waals surface area contributed by atoms with Gasteiger partial charge in [0.05, 0.1) is 18.3 Å². The van der Waals surface area contributed by atoms with Gasteiger partial charge in [-0.3, -0.25) is 4.90 Å². The Labute approximate surface area is 92.4 Å². The molecular weight excluding hydrogens is 190 g/mol. The van der Waals surface area contributed by atoms with E-state index < -0.39 is 0 Å². The van der Waals surface area contributed by atoms with E-state index in [2.05, 4.69) is 18.7 Å². The summed E-state index contributed by atoms with van der Waals surface area (Å²) in [6, 6.07) is 0. The molecule has 4 unspecified atom stereocenters. The number of ether oxygens (including phenoxy) is 1. The smallest absolute Gasteiger partial charge is 0.0678 e. The molecule has 0 aromatic heterocycles. The molecule has 1 aliphatic heterocycles. The maximum atomic E-state index is 9.79. The highest BCUT2D eigenvalue weighted by atomic mass is 16.5. The molecule has 4 atom stereocenters. The van der Waals surface area contributed by atoms with Gasteiger partial charge in [0, 0.05) is 19.6 Å². The Hall–Kier alpha value is -0.120. The van der Waals surface area contributed by atoms with Gasteiger partial charge in [0.25, 0.3) is 0 Å². The molecule has 1 aliphatic carbocycles. The maximum Gasteiger partial charge on any atom is 0.0678 e. The third-order valence-corrected chi connectivity index (χ3v) is 3.61. The topological polar surface area (TPSA) is 32.7 Å². The molecule has 0 spiro atoms. The quantitative estimate of drug-likeness (QED) is 0.749. The SMILES string of the molecule is CC1CN(CC2CCCC2O)CC(C)O1. The van der Waals surface area contributed by atoms with E-state index in [-0.39, 0.29) is 6.10 Å². The fourth-order valence-electron chi connectivity index (χ4n) is 3.00. The van der Waals surface area contributed by atoms with Gasteiger partial charge in [-0.15, -0.1) is 0 Å². The first-order valence-electron chi connectivity index (χ1n) is 6.21. The van der Waals surface area contributed by atoms with Crippen LogP contribution in [0.3, 0.4) is 0 Å². The number of rotatable bonds is 2. The maximum absolute atomic E-state index is 9.79. The molecule has 1 N–H and O–H groups in total. The molecule has 15 heavy (non-hydrogen) atoms. The molecule has 2 aliphatic rings. The minimum Gasteiger partial charge on any atom is -0.393 e. The predicted octanol–water partition coefficient (Wildman–Crippen LogP) is 1.26. The van der Waals surface area contributed by atoms with Crippen molar-refractivity contribution in [2.75, 3.05) is 19.6 Å². The van der Waals surface area contributed by atoms with Crippen molar-refractivity contribution in [1.82, 2.24) is 4.90 Å². The first-order valence-corrected chi connectivity index (χ1v) is 6.21. The van der Waals surface area contributed by atoms with Crippen LogP contribution in [0, 0.1) is 5.92 Å². The molecule has 3 nitrogen and oxygen atoms in total. The zero-order valence-electron chi connectivity index (χ0n) is 9.85. The van der Waals surface area contributed by atoms with E-state index in [4.69, 9.17) is 4.74 Å². The molecule has 1 heterocycles. The second-order valence-electron chi connectivity index (χ2n) is 5.23. The average molecular weight is 213 g/mol. The molecule has 2 rings (SSSR count). The molecule has 1 saturated carbocycles. The molecular formula is C12H23NO2. The molecule has 88 valence electrons. The number of aliphatic hydroxyl groups excluding tert-OH is 1. The Bertz CT molecular complexity index is 200. The molecule has 2 fully saturated rings. The third kappa shape index (κ3) is 2.92. The van der Waals surface area contributed by atoms with E-state index >= 15 is 0 Å². The van der Waals surface area contributed by atoms with Gasteiger partial charge in [0.2, 0.25) is 0 Å². The lowest BCUT2D eigenvalue weighted by molar-refractivity contribution is -0.0747. The second kappa shape index (κ2) is 4.81. The van der Waals surface area contributed by atoms with Crippen molar-refractivity contribution < 1.29 is 9.84 Å². The van der Waals surface area contributed by atoms with Crippen LogP contribution in [0.4, 0.5) is 0 Å². The Kier molecular flexibility index (Phi) is 3.65. The normalized spacial score (nSPS) is 43.4. The van der Waals surface area contributed by atoms with Crippen molar-refractivity contribution in [1.29, 1.82) is 0 Å². The van der Waals surface area contributed by atoms with Gasteiger partial charge in [0.1, 0.15) is 0 Å². The molecule has 0 aromatic carbocycles. The van der Waals surface area contributed by atoms with Crippen LogP contribution in [-0.2, 0) is 4.74 Å². The second-order valence-corrected chi connectivity index (χ2v) is 5.23. The van der Waals surface area contributed by atoms with Gasteiger partial charge >= 0.3 is 0 Å². The van der Waals surface area contributed by atoms with Gasteiger partial charge in [-0.2, -0.15) is 0 Å². The lowest BCUT2D eigenvalue weighted by Gasteiger charge is -2.37. The first kappa shape index (κ1) is 11.4. The van der Waals surface area contributed by atoms with E-state index in [9.17, 15) is 5.11 Å². The van der Waals surface area contributed by atoms with Crippen LogP contribution in [0.2, 0.25) is 0 Å². The minimum atomic E-state index is -0.0570. The summed E-state index contributed by atoms with van der Waals surface area (Å²) in [7, 11) is 0. The summed E-state index contributed by atoms with van der Waals surface area (Å²) in [6.07, 6.45) is 4.01. The number of hydrogen-bond donors (Lipinski definition) is 1. The summed E-state index contributed by atoms with van der Waals surface area (Å²) in [5.74, 6) is 0.502. The lowest BCUT2D eigenvalue weighted by atomic mass is 10.0. The monoisotopic (exact) mass is 213 g/mol. The van der Waals surface area contributed by atoms with E-state index in [1.54, 1.807) is 0 Å². The van der Waals surface area contributed by atoms with Gasteiger partial charge in [-0.25, -0.2) is 0 Å². The third-order valence-electron chi connectivity index (χ3n) is 3.61. The Morgan fingerprint density at radius 3 is 2.40 bits per heavy atom. The van der Waals surface area contributed by atoms with Crippen molar-refractivity contribution >= 4 is 0 Å². The van der Waals surface area contributed by atoms with Gasteiger partial charge in [-0.05, 0) is 32.6 Å². The summed E-state index contributed by atoms with van der Waals surface area (Å²) in [5, 5.41) is 9.79. The summed E-state index contributed by atoms with van der Waals surface area (Å²) in [6.45, 7) is 7.36. The summed E-state index contributed by atoms with van der Waals surface area (Å²) in [5.41, 5.74) is 0. The van der Waals surface area contributed by atoms with Crippen molar-refractivity contribution in [3.05, 3.63) is 0 Å². The van der Waals surface area contributed by atoms with Crippen molar-refractivity contribution in [3.8, 4) is 0 Å². The fourth-order valence-corrected chi connectivity index (χ4v) is 3.00. The minimum absolute atomic E-state index is 0.0570. The Balaban J connectivity index is 1.83. The Morgan fingerprint density at radius 1 is 1.20 bits per heavy atom. The van der Waals surface area contributed by atoms with E-state index in [1.165, 1.54) is 12.8 Å². The summed E-state index contributed by atoms with van der Waals surface area (Å²) < 4.78 is 5.70. The van der Waals surface area contributed by atoms with Gasteiger partial charge in [0.15, 0.2) is 0 Å². The zero-order chi connectivity index (χ0) is 10.8. The first-order chi connectivity index (χ1) is 7.15. The molecule has 0 bridgehead atoms. The van der Waals surface area contributed by atoms with Crippen LogP contribution in [0.5, 0.6) is 0 Å². The van der Waals surface area contributed by atoms with Crippen LogP contribution in [-0.4, -0.2) is 48.0 Å². The number of hydrogen-bond acceptors (Lipinski definition) is 3. The van der Waals surface area contributed by atoms with Crippen LogP contribution in [0.15, 0.2) is 0 Å². The highest BCUT2D eigenvalue weighted by molar-refractivity contribution is 4.82. The van der Waals surface area contributed by atoms with E-state index in [0.29, 0.717) is 18.1 Å². The predicted molar refractivity (Wildman–Crippen MR) is 59.8 cm³/mol. The molecule has 1 saturated heterocycles. The highest BCUT2D eigenvalue weighted by Crippen LogP contribution is 2.27. The van der Waals surface area contributed by atoms with Crippen molar-refractivity contribution in [3.63, 3.8) is 0 Å². The molecule has 0 amide bonds.